The molecule has 0 aliphatic carbocycles. The minimum Gasteiger partial charge on any atom is -0.481 e. The van der Waals surface area contributed by atoms with Gasteiger partial charge in [-0.25, -0.2) is 0 Å². The van der Waals surface area contributed by atoms with Crippen LogP contribution in [-0.4, -0.2) is 11.1 Å². The topological polar surface area (TPSA) is 37.3 Å². The molecule has 0 bridgehead atoms. The van der Waals surface area contributed by atoms with Crippen LogP contribution in [-0.2, 0) is 4.79 Å². The summed E-state index contributed by atoms with van der Waals surface area (Å²) < 4.78 is 0. The molecule has 0 heterocycles. The summed E-state index contributed by atoms with van der Waals surface area (Å²) in [5.74, 6) is -1.04. The molecule has 1 N–H and O–H groups in total. The minimum atomic E-state index is -0.740. The molecule has 0 unspecified atom stereocenters. The molecule has 0 rings (SSSR count). The Labute approximate surface area is 55.2 Å². The van der Waals surface area contributed by atoms with Crippen molar-refractivity contribution in [3.8, 4) is 0 Å². The Hall–Kier alpha value is -0.790. The minimum absolute atomic E-state index is 0.296. The first-order valence-corrected chi connectivity index (χ1v) is 3.08. The molecule has 0 aromatic carbocycles. The smallest absolute Gasteiger partial charge is 0.310 e. The van der Waals surface area contributed by atoms with E-state index in [-0.39, 0.29) is 5.92 Å². The molecule has 0 radical (unpaired) electrons. The van der Waals surface area contributed by atoms with Crippen LogP contribution in [0, 0.1) is 5.92 Å². The van der Waals surface area contributed by atoms with Crippen molar-refractivity contribution in [2.24, 2.45) is 5.92 Å². The molecule has 0 aliphatic rings. The normalized spacial score (nSPS) is 14.0. The van der Waals surface area contributed by atoms with Gasteiger partial charge in [-0.05, 0) is 13.3 Å². The number of carboxylic acids is 1. The molecule has 0 aliphatic heterocycles. The molecule has 2 heteroatoms. The zero-order valence-electron chi connectivity index (χ0n) is 5.79. The second kappa shape index (κ2) is 4.13. The Balaban J connectivity index is 3.83. The summed E-state index contributed by atoms with van der Waals surface area (Å²) in [6.07, 6.45) is 4.13. The SMILES string of the molecule is CC=C[C@@H](CC)C(=O)O. The predicted octanol–water partition coefficient (Wildman–Crippen LogP) is 1.67. The lowest BCUT2D eigenvalue weighted by atomic mass is 10.1. The number of rotatable bonds is 3. The average molecular weight is 128 g/mol. The fourth-order valence-electron chi connectivity index (χ4n) is 0.625. The molecule has 0 saturated carbocycles. The number of allylic oxidation sites excluding steroid dienone is 1. The second-order valence-corrected chi connectivity index (χ2v) is 1.88. The summed E-state index contributed by atoms with van der Waals surface area (Å²) in [6.45, 7) is 3.68. The van der Waals surface area contributed by atoms with E-state index in [4.69, 9.17) is 5.11 Å². The first-order valence-electron chi connectivity index (χ1n) is 3.08. The van der Waals surface area contributed by atoms with Crippen LogP contribution in [0.5, 0.6) is 0 Å². The molecular weight excluding hydrogens is 116 g/mol. The van der Waals surface area contributed by atoms with Crippen LogP contribution in [0.1, 0.15) is 20.3 Å². The number of carboxylic acid groups (broad SMARTS) is 1. The van der Waals surface area contributed by atoms with Gasteiger partial charge in [0, 0.05) is 0 Å². The third kappa shape index (κ3) is 2.90. The molecule has 0 aromatic rings. The molecule has 0 fully saturated rings. The summed E-state index contributed by atoms with van der Waals surface area (Å²) >= 11 is 0. The van der Waals surface area contributed by atoms with Crippen molar-refractivity contribution in [2.45, 2.75) is 20.3 Å². The molecule has 1 atom stereocenters. The van der Waals surface area contributed by atoms with Crippen molar-refractivity contribution < 1.29 is 9.90 Å². The highest BCUT2D eigenvalue weighted by molar-refractivity contribution is 5.71. The standard InChI is InChI=1S/C7H12O2/c1-3-5-6(4-2)7(8)9/h3,5-6H,4H2,1-2H3,(H,8,9)/t6-/m1/s1. The lowest BCUT2D eigenvalue weighted by Gasteiger charge is -2.00. The summed E-state index contributed by atoms with van der Waals surface area (Å²) in [4.78, 5) is 10.3. The van der Waals surface area contributed by atoms with Crippen molar-refractivity contribution >= 4 is 5.97 Å². The van der Waals surface area contributed by atoms with Gasteiger partial charge in [-0.1, -0.05) is 19.1 Å². The van der Waals surface area contributed by atoms with E-state index in [1.165, 1.54) is 0 Å². The van der Waals surface area contributed by atoms with E-state index in [0.29, 0.717) is 6.42 Å². The molecule has 0 saturated heterocycles. The van der Waals surface area contributed by atoms with Gasteiger partial charge >= 0.3 is 5.97 Å². The molecule has 52 valence electrons. The Bertz CT molecular complexity index is 116. The van der Waals surface area contributed by atoms with Gasteiger partial charge in [0.25, 0.3) is 0 Å². The molecule has 0 spiro atoms. The fraction of sp³-hybridized carbons (Fsp3) is 0.571. The first kappa shape index (κ1) is 8.21. The fourth-order valence-corrected chi connectivity index (χ4v) is 0.625. The van der Waals surface area contributed by atoms with Crippen molar-refractivity contribution in [3.63, 3.8) is 0 Å². The van der Waals surface area contributed by atoms with Gasteiger partial charge in [-0.2, -0.15) is 0 Å². The second-order valence-electron chi connectivity index (χ2n) is 1.88. The highest BCUT2D eigenvalue weighted by Gasteiger charge is 2.08. The van der Waals surface area contributed by atoms with Gasteiger partial charge in [0.2, 0.25) is 0 Å². The lowest BCUT2D eigenvalue weighted by Crippen LogP contribution is -2.08. The Kier molecular flexibility index (Phi) is 3.76. The number of carbonyl (C=O) groups is 1. The molecule has 0 amide bonds. The maximum Gasteiger partial charge on any atom is 0.310 e. The van der Waals surface area contributed by atoms with Gasteiger partial charge in [0.15, 0.2) is 0 Å². The molecule has 2 nitrogen and oxygen atoms in total. The van der Waals surface area contributed by atoms with Gasteiger partial charge in [0.1, 0.15) is 0 Å². The van der Waals surface area contributed by atoms with Gasteiger partial charge in [0.05, 0.1) is 5.92 Å². The maximum atomic E-state index is 10.3. The number of aliphatic carboxylic acids is 1. The summed E-state index contributed by atoms with van der Waals surface area (Å²) in [7, 11) is 0. The van der Waals surface area contributed by atoms with E-state index in [0.717, 1.165) is 0 Å². The van der Waals surface area contributed by atoms with E-state index < -0.39 is 5.97 Å². The highest BCUT2D eigenvalue weighted by Crippen LogP contribution is 2.03. The van der Waals surface area contributed by atoms with Gasteiger partial charge in [-0.3, -0.25) is 4.79 Å². The van der Waals surface area contributed by atoms with E-state index in [1.54, 1.807) is 12.2 Å². The molecular formula is C7H12O2. The maximum absolute atomic E-state index is 10.3. The van der Waals surface area contributed by atoms with Crippen molar-refractivity contribution in [1.82, 2.24) is 0 Å². The third-order valence-electron chi connectivity index (χ3n) is 1.18. The summed E-state index contributed by atoms with van der Waals surface area (Å²) in [6, 6.07) is 0. The zero-order valence-corrected chi connectivity index (χ0v) is 5.79. The summed E-state index contributed by atoms with van der Waals surface area (Å²) in [5, 5.41) is 8.45. The van der Waals surface area contributed by atoms with Crippen LogP contribution in [0.15, 0.2) is 12.2 Å². The quantitative estimate of drug-likeness (QED) is 0.587. The first-order chi connectivity index (χ1) is 4.22. The van der Waals surface area contributed by atoms with Gasteiger partial charge in [-0.15, -0.1) is 0 Å². The van der Waals surface area contributed by atoms with Gasteiger partial charge < -0.3 is 5.11 Å². The van der Waals surface area contributed by atoms with Crippen LogP contribution >= 0.6 is 0 Å². The Morgan fingerprint density at radius 1 is 1.78 bits per heavy atom. The van der Waals surface area contributed by atoms with Crippen LogP contribution in [0.4, 0.5) is 0 Å². The number of hydrogen-bond donors (Lipinski definition) is 1. The van der Waals surface area contributed by atoms with Crippen LogP contribution < -0.4 is 0 Å². The van der Waals surface area contributed by atoms with Crippen molar-refractivity contribution in [2.75, 3.05) is 0 Å². The largest absolute Gasteiger partial charge is 0.481 e. The van der Waals surface area contributed by atoms with Crippen molar-refractivity contribution in [1.29, 1.82) is 0 Å². The van der Waals surface area contributed by atoms with E-state index >= 15 is 0 Å². The zero-order chi connectivity index (χ0) is 7.28. The van der Waals surface area contributed by atoms with Crippen LogP contribution in [0.25, 0.3) is 0 Å². The van der Waals surface area contributed by atoms with Crippen molar-refractivity contribution in [3.05, 3.63) is 12.2 Å². The average Bonchev–Trinajstić information content (AvgIpc) is 1.82. The highest BCUT2D eigenvalue weighted by atomic mass is 16.4. The van der Waals surface area contributed by atoms with E-state index in [1.807, 2.05) is 13.8 Å². The predicted molar refractivity (Wildman–Crippen MR) is 36.2 cm³/mol. The van der Waals surface area contributed by atoms with E-state index in [2.05, 4.69) is 0 Å². The van der Waals surface area contributed by atoms with Crippen LogP contribution in [0.2, 0.25) is 0 Å². The Morgan fingerprint density at radius 2 is 2.33 bits per heavy atom. The Morgan fingerprint density at radius 3 is 2.44 bits per heavy atom. The third-order valence-corrected chi connectivity index (χ3v) is 1.18. The molecule has 0 aromatic heterocycles. The van der Waals surface area contributed by atoms with E-state index in [9.17, 15) is 4.79 Å². The number of hydrogen-bond acceptors (Lipinski definition) is 1. The monoisotopic (exact) mass is 128 g/mol. The molecule has 9 heavy (non-hydrogen) atoms. The lowest BCUT2D eigenvalue weighted by molar-refractivity contribution is -0.140. The van der Waals surface area contributed by atoms with Crippen LogP contribution in [0.3, 0.4) is 0 Å². The summed E-state index contributed by atoms with van der Waals surface area (Å²) in [5.41, 5.74) is 0.